The van der Waals surface area contributed by atoms with Gasteiger partial charge in [0.1, 0.15) is 5.69 Å². The molecule has 2 aromatic rings. The first-order chi connectivity index (χ1) is 11.7. The standard InChI is InChI=1S/C19H26N2O2S/c1-3-5-12-16(9-4-2)24(19(22)23)17-13-14-20-21-18(17)15-10-7-6-8-11-15/h6-8,10-11,13-14,16,22-23H,3-5,9,12H2,1-2H3. The van der Waals surface area contributed by atoms with E-state index in [1.807, 2.05) is 36.4 Å². The summed E-state index contributed by atoms with van der Waals surface area (Å²) >= 11 is 0. The number of aliphatic hydroxyl groups excluding tert-OH is 1. The van der Waals surface area contributed by atoms with Crippen LogP contribution >= 0.6 is 10.5 Å². The molecule has 0 bridgehead atoms. The molecule has 0 saturated carbocycles. The number of benzene rings is 1. The summed E-state index contributed by atoms with van der Waals surface area (Å²) in [7, 11) is -0.766. The molecule has 1 aromatic heterocycles. The van der Waals surface area contributed by atoms with Crippen LogP contribution in [-0.2, 0) is 0 Å². The molecule has 1 heterocycles. The van der Waals surface area contributed by atoms with Crippen molar-refractivity contribution in [3.8, 4) is 11.3 Å². The molecule has 0 radical (unpaired) electrons. The average Bonchev–Trinajstić information content (AvgIpc) is 2.61. The minimum Gasteiger partial charge on any atom is -0.336 e. The Balaban J connectivity index is 2.51. The van der Waals surface area contributed by atoms with Crippen molar-refractivity contribution in [1.29, 1.82) is 0 Å². The number of hydrogen-bond acceptors (Lipinski definition) is 2. The highest BCUT2D eigenvalue weighted by Gasteiger charge is 2.21. The SMILES string of the molecule is CCCCC(CCC)S(=C(O)O)c1ccnnc1-c1ccccc1. The van der Waals surface area contributed by atoms with Crippen LogP contribution < -0.4 is 0 Å². The Morgan fingerprint density at radius 1 is 1.04 bits per heavy atom. The Hall–Kier alpha value is -1.56. The molecule has 2 atom stereocenters. The van der Waals surface area contributed by atoms with Crippen molar-refractivity contribution in [2.45, 2.75) is 56.1 Å². The lowest BCUT2D eigenvalue weighted by molar-refractivity contribution is 0.384. The van der Waals surface area contributed by atoms with Crippen LogP contribution in [0.3, 0.4) is 0 Å². The molecular weight excluding hydrogens is 320 g/mol. The first-order valence-corrected chi connectivity index (χ1v) is 9.82. The second kappa shape index (κ2) is 9.67. The fourth-order valence-electron chi connectivity index (χ4n) is 2.85. The topological polar surface area (TPSA) is 66.2 Å². The van der Waals surface area contributed by atoms with Crippen molar-refractivity contribution >= 4 is 15.7 Å². The summed E-state index contributed by atoms with van der Waals surface area (Å²) in [5.74, 6) is 0. The van der Waals surface area contributed by atoms with Crippen molar-refractivity contribution in [2.75, 3.05) is 0 Å². The van der Waals surface area contributed by atoms with Crippen LogP contribution in [0.15, 0.2) is 47.5 Å². The van der Waals surface area contributed by atoms with Gasteiger partial charge in [-0.05, 0) is 18.9 Å². The van der Waals surface area contributed by atoms with E-state index in [1.54, 1.807) is 6.20 Å². The van der Waals surface area contributed by atoms with Gasteiger partial charge in [0, 0.05) is 15.7 Å². The first kappa shape index (κ1) is 18.8. The van der Waals surface area contributed by atoms with E-state index >= 15 is 0 Å². The molecule has 0 aliphatic rings. The number of hydrogen-bond donors (Lipinski definition) is 2. The van der Waals surface area contributed by atoms with Gasteiger partial charge in [0.2, 0.25) is 5.24 Å². The van der Waals surface area contributed by atoms with Crippen LogP contribution in [0.4, 0.5) is 0 Å². The zero-order chi connectivity index (χ0) is 17.4. The highest BCUT2D eigenvalue weighted by molar-refractivity contribution is 8.16. The minimum atomic E-state index is -0.766. The van der Waals surface area contributed by atoms with Crippen molar-refractivity contribution in [3.05, 3.63) is 42.6 Å². The maximum absolute atomic E-state index is 10.1. The molecule has 1 aromatic carbocycles. The minimum absolute atomic E-state index is 0.214. The van der Waals surface area contributed by atoms with Gasteiger partial charge in [0.25, 0.3) is 0 Å². The van der Waals surface area contributed by atoms with E-state index in [4.69, 9.17) is 0 Å². The van der Waals surface area contributed by atoms with Gasteiger partial charge < -0.3 is 10.2 Å². The van der Waals surface area contributed by atoms with Crippen molar-refractivity contribution in [3.63, 3.8) is 0 Å². The van der Waals surface area contributed by atoms with E-state index in [0.717, 1.165) is 48.3 Å². The Labute approximate surface area is 146 Å². The molecular formula is C19H26N2O2S. The molecule has 0 aliphatic carbocycles. The molecule has 0 saturated heterocycles. The summed E-state index contributed by atoms with van der Waals surface area (Å²) in [5.41, 5.74) is 1.68. The molecule has 0 amide bonds. The van der Waals surface area contributed by atoms with E-state index in [9.17, 15) is 10.2 Å². The van der Waals surface area contributed by atoms with E-state index in [1.165, 1.54) is 0 Å². The molecule has 0 aliphatic heterocycles. The largest absolute Gasteiger partial charge is 0.336 e. The number of unbranched alkanes of at least 4 members (excludes halogenated alkanes) is 1. The highest BCUT2D eigenvalue weighted by atomic mass is 32.2. The Morgan fingerprint density at radius 3 is 2.42 bits per heavy atom. The highest BCUT2D eigenvalue weighted by Crippen LogP contribution is 2.41. The number of nitrogens with zero attached hydrogens (tertiary/aromatic N) is 2. The van der Waals surface area contributed by atoms with Crippen LogP contribution in [0.2, 0.25) is 0 Å². The third kappa shape index (κ3) is 4.72. The summed E-state index contributed by atoms with van der Waals surface area (Å²) in [6, 6.07) is 11.7. The molecule has 2 N–H and O–H groups in total. The predicted octanol–water partition coefficient (Wildman–Crippen LogP) is 5.33. The maximum Gasteiger partial charge on any atom is 0.209 e. The lowest BCUT2D eigenvalue weighted by Gasteiger charge is -2.23. The second-order valence-electron chi connectivity index (χ2n) is 5.78. The van der Waals surface area contributed by atoms with E-state index in [2.05, 4.69) is 24.0 Å². The third-order valence-electron chi connectivity index (χ3n) is 3.99. The maximum atomic E-state index is 10.1. The second-order valence-corrected chi connectivity index (χ2v) is 7.93. The Kier molecular flexibility index (Phi) is 7.56. The van der Waals surface area contributed by atoms with Crippen LogP contribution in [-0.4, -0.2) is 30.9 Å². The molecule has 4 nitrogen and oxygen atoms in total. The van der Waals surface area contributed by atoms with Gasteiger partial charge in [-0.15, -0.1) is 5.10 Å². The molecule has 24 heavy (non-hydrogen) atoms. The summed E-state index contributed by atoms with van der Waals surface area (Å²) < 4.78 is 0. The fraction of sp³-hybridized carbons (Fsp3) is 0.421. The molecule has 130 valence electrons. The van der Waals surface area contributed by atoms with Crippen molar-refractivity contribution in [2.24, 2.45) is 0 Å². The van der Waals surface area contributed by atoms with Crippen LogP contribution in [0.1, 0.15) is 46.0 Å². The number of aliphatic hydroxyl groups is 2. The molecule has 2 rings (SSSR count). The van der Waals surface area contributed by atoms with E-state index < -0.39 is 15.7 Å². The quantitative estimate of drug-likeness (QED) is 0.634. The predicted molar refractivity (Wildman–Crippen MR) is 102 cm³/mol. The summed E-state index contributed by atoms with van der Waals surface area (Å²) in [6.45, 7) is 4.30. The molecule has 0 spiro atoms. The van der Waals surface area contributed by atoms with Gasteiger partial charge in [-0.1, -0.05) is 73.9 Å². The Bertz CT molecular complexity index is 670. The Morgan fingerprint density at radius 2 is 1.79 bits per heavy atom. The summed E-state index contributed by atoms with van der Waals surface area (Å²) in [5, 5.41) is 28.2. The average molecular weight is 346 g/mol. The van der Waals surface area contributed by atoms with Crippen LogP contribution in [0, 0.1) is 0 Å². The van der Waals surface area contributed by atoms with Gasteiger partial charge in [-0.25, -0.2) is 0 Å². The van der Waals surface area contributed by atoms with Crippen molar-refractivity contribution in [1.82, 2.24) is 10.2 Å². The van der Waals surface area contributed by atoms with Crippen LogP contribution in [0.5, 0.6) is 0 Å². The smallest absolute Gasteiger partial charge is 0.209 e. The van der Waals surface area contributed by atoms with Crippen LogP contribution in [0.25, 0.3) is 11.3 Å². The zero-order valence-electron chi connectivity index (χ0n) is 14.4. The third-order valence-corrected chi connectivity index (χ3v) is 6.32. The first-order valence-electron chi connectivity index (χ1n) is 8.54. The summed E-state index contributed by atoms with van der Waals surface area (Å²) in [6.07, 6.45) is 6.78. The van der Waals surface area contributed by atoms with Gasteiger partial charge in [-0.2, -0.15) is 5.10 Å². The van der Waals surface area contributed by atoms with Crippen molar-refractivity contribution < 1.29 is 10.2 Å². The lowest BCUT2D eigenvalue weighted by Crippen LogP contribution is -2.11. The van der Waals surface area contributed by atoms with Gasteiger partial charge in [0.05, 0.1) is 6.20 Å². The number of rotatable bonds is 8. The summed E-state index contributed by atoms with van der Waals surface area (Å²) in [4.78, 5) is 0.866. The molecule has 5 heteroatoms. The molecule has 0 fully saturated rings. The van der Waals surface area contributed by atoms with Gasteiger partial charge in [0.15, 0.2) is 0 Å². The fourth-order valence-corrected chi connectivity index (χ4v) is 5.16. The van der Waals surface area contributed by atoms with Gasteiger partial charge >= 0.3 is 0 Å². The lowest BCUT2D eigenvalue weighted by atomic mass is 10.1. The number of aromatic nitrogens is 2. The van der Waals surface area contributed by atoms with E-state index in [0.29, 0.717) is 0 Å². The molecule has 2 unspecified atom stereocenters. The van der Waals surface area contributed by atoms with Gasteiger partial charge in [-0.3, -0.25) is 0 Å². The zero-order valence-corrected chi connectivity index (χ0v) is 15.2. The van der Waals surface area contributed by atoms with E-state index in [-0.39, 0.29) is 5.25 Å². The monoisotopic (exact) mass is 346 g/mol. The normalized spacial score (nSPS) is 13.5.